The normalized spacial score (nSPS) is 30.4. The zero-order valence-electron chi connectivity index (χ0n) is 19.8. The van der Waals surface area contributed by atoms with Gasteiger partial charge in [0.2, 0.25) is 5.78 Å². The average molecular weight is 525 g/mol. The van der Waals surface area contributed by atoms with Crippen LogP contribution in [0.1, 0.15) is 24.0 Å². The van der Waals surface area contributed by atoms with Gasteiger partial charge in [0.25, 0.3) is 11.0 Å². The molecule has 1 amide bonds. The highest BCUT2D eigenvalue weighted by Gasteiger charge is 2.68. The topological polar surface area (TPSA) is 276 Å². The fraction of sp³-hybridized carbons (Fsp3) is 0.409. The van der Waals surface area contributed by atoms with Gasteiger partial charge >= 0.3 is 0 Å². The van der Waals surface area contributed by atoms with Crippen molar-refractivity contribution in [2.75, 3.05) is 14.1 Å². The minimum absolute atomic E-state index is 0. The number of phenolic OH excluding ortho intramolecular Hbond substituents is 1. The minimum Gasteiger partial charge on any atom is -0.508 e. The average Bonchev–Trinajstić information content (AvgIpc) is 2.75. The number of fused-ring (bicyclic) bond motifs is 3. The van der Waals surface area contributed by atoms with Crippen molar-refractivity contribution in [3.63, 3.8) is 0 Å². The molecule has 0 aliphatic heterocycles. The van der Waals surface area contributed by atoms with Crippen molar-refractivity contribution in [2.45, 2.75) is 30.6 Å². The number of rotatable bonds is 2. The molecule has 15 heteroatoms. The van der Waals surface area contributed by atoms with Gasteiger partial charge in [0.15, 0.2) is 11.4 Å². The molecule has 4 rings (SSSR count). The highest BCUT2D eigenvalue weighted by molar-refractivity contribution is 6.24. The fourth-order valence-corrected chi connectivity index (χ4v) is 5.58. The van der Waals surface area contributed by atoms with Gasteiger partial charge in [0.05, 0.1) is 23.6 Å². The quantitative estimate of drug-likeness (QED) is 0.130. The third kappa shape index (κ3) is 4.07. The van der Waals surface area contributed by atoms with Crippen molar-refractivity contribution >= 4 is 23.2 Å². The third-order valence-electron chi connectivity index (χ3n) is 6.99. The Morgan fingerprint density at radius 3 is 2.22 bits per heavy atom. The molecule has 202 valence electrons. The molecule has 1 aromatic rings. The van der Waals surface area contributed by atoms with E-state index in [0.717, 1.165) is 0 Å². The van der Waals surface area contributed by atoms with Gasteiger partial charge in [0.1, 0.15) is 22.8 Å². The van der Waals surface area contributed by atoms with Crippen molar-refractivity contribution in [1.82, 2.24) is 4.90 Å². The smallest absolute Gasteiger partial charge is 0.291 e. The molecule has 1 saturated carbocycles. The molecule has 0 unspecified atom stereocenters. The molecule has 3 aliphatic carbocycles. The first kappa shape index (κ1) is 29.2. The third-order valence-corrected chi connectivity index (χ3v) is 6.99. The number of aliphatic hydroxyl groups is 4. The van der Waals surface area contributed by atoms with Crippen LogP contribution in [-0.4, -0.2) is 95.5 Å². The van der Waals surface area contributed by atoms with Crippen LogP contribution in [0.15, 0.2) is 35.1 Å². The van der Waals surface area contributed by atoms with Crippen molar-refractivity contribution in [3.05, 3.63) is 56.3 Å². The summed E-state index contributed by atoms with van der Waals surface area (Å²) in [6.45, 7) is 1.68. The number of hydrogen-bond acceptors (Lipinski definition) is 11. The Bertz CT molecular complexity index is 1240. The first-order valence-electron chi connectivity index (χ1n) is 10.6. The van der Waals surface area contributed by atoms with Gasteiger partial charge in [-0.15, -0.1) is 10.1 Å². The maximum absolute atomic E-state index is 13.7. The number of amides is 1. The molecule has 0 heterocycles. The molecule has 0 aromatic heterocycles. The molecule has 0 radical (unpaired) electrons. The number of ketones is 2. The lowest BCUT2D eigenvalue weighted by atomic mass is 9.54. The number of primary amides is 1. The lowest BCUT2D eigenvalue weighted by Gasteiger charge is -2.53. The van der Waals surface area contributed by atoms with Crippen molar-refractivity contribution in [3.8, 4) is 5.75 Å². The Morgan fingerprint density at radius 2 is 1.73 bits per heavy atom. The van der Waals surface area contributed by atoms with Crippen molar-refractivity contribution in [1.29, 1.82) is 0 Å². The molecule has 0 saturated heterocycles. The van der Waals surface area contributed by atoms with E-state index in [0.29, 0.717) is 5.56 Å². The zero-order valence-corrected chi connectivity index (χ0v) is 19.8. The number of carbonyl (C=O) groups excluding carboxylic acids is 3. The summed E-state index contributed by atoms with van der Waals surface area (Å²) in [7, 11) is 2.92. The maximum atomic E-state index is 13.7. The van der Waals surface area contributed by atoms with Crippen LogP contribution in [0.25, 0.3) is 5.76 Å². The summed E-state index contributed by atoms with van der Waals surface area (Å²) in [5.41, 5.74) is 1.47. The first-order valence-corrected chi connectivity index (χ1v) is 10.6. The van der Waals surface area contributed by atoms with Crippen LogP contribution in [-0.2, 0) is 14.4 Å². The van der Waals surface area contributed by atoms with E-state index >= 15 is 0 Å². The monoisotopic (exact) mass is 525 g/mol. The second kappa shape index (κ2) is 9.78. The van der Waals surface area contributed by atoms with Gasteiger partial charge < -0.3 is 41.9 Å². The summed E-state index contributed by atoms with van der Waals surface area (Å²) in [6, 6.07) is 3.13. The SMILES string of the molecule is C[C@H]1c2cccc(O)c2C(O)=C2C(=O)[C@]3(O)C(O)=C(C(N)=O)C(=O)[C@@H](N(C)C)[C@@H]3[C@@H](O)[C@@H]21.O.O=[N+]([O-])O. The van der Waals surface area contributed by atoms with Gasteiger partial charge in [-0.25, -0.2) is 0 Å². The molecule has 1 aromatic carbocycles. The number of phenols is 1. The predicted octanol–water partition coefficient (Wildman–Crippen LogP) is -1.68. The second-order valence-corrected chi connectivity index (χ2v) is 9.03. The summed E-state index contributed by atoms with van der Waals surface area (Å²) < 4.78 is 0. The van der Waals surface area contributed by atoms with E-state index in [4.69, 9.17) is 21.1 Å². The van der Waals surface area contributed by atoms with Gasteiger partial charge in [-0.1, -0.05) is 19.1 Å². The highest BCUT2D eigenvalue weighted by Crippen LogP contribution is 2.55. The van der Waals surface area contributed by atoms with Crippen LogP contribution in [0.4, 0.5) is 0 Å². The highest BCUT2D eigenvalue weighted by atomic mass is 16.9. The molecule has 0 bridgehead atoms. The first-order chi connectivity index (χ1) is 16.6. The Labute approximate surface area is 208 Å². The van der Waals surface area contributed by atoms with Crippen LogP contribution in [0, 0.1) is 22.0 Å². The van der Waals surface area contributed by atoms with E-state index in [1.54, 1.807) is 19.1 Å². The van der Waals surface area contributed by atoms with E-state index in [1.165, 1.54) is 25.1 Å². The van der Waals surface area contributed by atoms with Gasteiger partial charge in [-0.05, 0) is 31.6 Å². The summed E-state index contributed by atoms with van der Waals surface area (Å²) in [5.74, 6) is -8.87. The maximum Gasteiger partial charge on any atom is 0.291 e. The Kier molecular flexibility index (Phi) is 7.71. The van der Waals surface area contributed by atoms with Crippen LogP contribution in [0.5, 0.6) is 5.75 Å². The summed E-state index contributed by atoms with van der Waals surface area (Å²) >= 11 is 0. The van der Waals surface area contributed by atoms with Crippen LogP contribution >= 0.6 is 0 Å². The predicted molar refractivity (Wildman–Crippen MR) is 123 cm³/mol. The Morgan fingerprint density at radius 1 is 1.19 bits per heavy atom. The number of aromatic hydroxyl groups is 1. The Balaban J connectivity index is 0.000000898. The Hall–Kier alpha value is -4.05. The molecular formula is C22H27N3O12. The lowest BCUT2D eigenvalue weighted by molar-refractivity contribution is -0.742. The van der Waals surface area contributed by atoms with Crippen LogP contribution < -0.4 is 5.73 Å². The van der Waals surface area contributed by atoms with Crippen LogP contribution in [0.3, 0.4) is 0 Å². The molecular weight excluding hydrogens is 498 g/mol. The van der Waals surface area contributed by atoms with E-state index in [9.17, 15) is 39.9 Å². The molecule has 37 heavy (non-hydrogen) atoms. The number of benzene rings is 1. The standard InChI is InChI=1S/C22H24N2O8.HNO3.H2O/c1-7-8-5-4-6-9(25)11(8)16(26)12-10(7)17(27)14-15(24(2)3)18(28)13(21(23)31)20(30)22(14,32)19(12)29;2-1(3)4;/h4-7,10,14-15,17,25-27,30,32H,1-3H3,(H2,23,31);(H,2,3,4);1H2/t7-,10+,14+,15-,17-,22-;;/m0../s1. The molecule has 0 spiro atoms. The van der Waals surface area contributed by atoms with E-state index in [-0.39, 0.29) is 16.8 Å². The minimum atomic E-state index is -2.89. The van der Waals surface area contributed by atoms with Gasteiger partial charge in [-0.2, -0.15) is 0 Å². The summed E-state index contributed by atoms with van der Waals surface area (Å²) in [6.07, 6.45) is -1.59. The molecule has 10 N–H and O–H groups in total. The van der Waals surface area contributed by atoms with E-state index < -0.39 is 80.7 Å². The van der Waals surface area contributed by atoms with E-state index in [2.05, 4.69) is 0 Å². The number of likely N-dealkylation sites (N-methyl/N-ethyl adjacent to an activating group) is 1. The number of carbonyl (C=O) groups is 3. The number of nitrogens with zero attached hydrogens (tertiary/aromatic N) is 2. The van der Waals surface area contributed by atoms with Gasteiger partial charge in [0, 0.05) is 11.5 Å². The lowest BCUT2D eigenvalue weighted by Crippen LogP contribution is -2.70. The molecule has 3 aliphatic rings. The molecule has 1 fully saturated rings. The zero-order chi connectivity index (χ0) is 27.4. The van der Waals surface area contributed by atoms with Crippen molar-refractivity contribution in [2.24, 2.45) is 17.6 Å². The summed E-state index contributed by atoms with van der Waals surface area (Å²) in [5, 5.41) is 68.5. The number of nitrogens with two attached hydrogens (primary N) is 1. The summed E-state index contributed by atoms with van der Waals surface area (Å²) in [4.78, 5) is 48.3. The molecule has 6 atom stereocenters. The van der Waals surface area contributed by atoms with Gasteiger partial charge in [-0.3, -0.25) is 19.3 Å². The fourth-order valence-electron chi connectivity index (χ4n) is 5.58. The number of hydrogen-bond donors (Lipinski definition) is 7. The number of Topliss-reactive ketones (excluding diaryl/α,β-unsaturated/α-hetero) is 2. The number of aliphatic hydroxyl groups excluding tert-OH is 3. The molecule has 15 nitrogen and oxygen atoms in total. The van der Waals surface area contributed by atoms with E-state index in [1.807, 2.05) is 0 Å². The van der Waals surface area contributed by atoms with Crippen LogP contribution in [0.2, 0.25) is 0 Å². The second-order valence-electron chi connectivity index (χ2n) is 9.03. The van der Waals surface area contributed by atoms with Crippen molar-refractivity contribution < 1.29 is 55.7 Å². The largest absolute Gasteiger partial charge is 0.508 e.